The number of rotatable bonds is 6. The van der Waals surface area contributed by atoms with Gasteiger partial charge in [-0.15, -0.1) is 0 Å². The van der Waals surface area contributed by atoms with E-state index in [1.807, 2.05) is 12.1 Å². The van der Waals surface area contributed by atoms with E-state index in [9.17, 15) is 4.79 Å². The number of aromatic nitrogens is 1. The first-order valence-electron chi connectivity index (χ1n) is 8.28. The molecule has 0 spiro atoms. The molecular formula is C18H21ClN4O2. The summed E-state index contributed by atoms with van der Waals surface area (Å²) in [6, 6.07) is 10.7. The molecule has 0 unspecified atom stereocenters. The molecule has 3 rings (SSSR count). The SMILES string of the molecule is O=C(Nc1ccccc1Cl)c1ccc(NCCN2CCOCC2)nc1. The summed E-state index contributed by atoms with van der Waals surface area (Å²) in [5.74, 6) is 0.517. The molecule has 1 aliphatic heterocycles. The quantitative estimate of drug-likeness (QED) is 0.829. The predicted molar refractivity (Wildman–Crippen MR) is 99.4 cm³/mol. The van der Waals surface area contributed by atoms with Gasteiger partial charge in [0, 0.05) is 32.4 Å². The summed E-state index contributed by atoms with van der Waals surface area (Å²) >= 11 is 6.05. The topological polar surface area (TPSA) is 66.5 Å². The van der Waals surface area contributed by atoms with Gasteiger partial charge in [0.25, 0.3) is 5.91 Å². The van der Waals surface area contributed by atoms with Crippen molar-refractivity contribution in [2.75, 3.05) is 50.0 Å². The smallest absolute Gasteiger partial charge is 0.257 e. The van der Waals surface area contributed by atoms with Gasteiger partial charge in [0.15, 0.2) is 0 Å². The summed E-state index contributed by atoms with van der Waals surface area (Å²) in [5.41, 5.74) is 1.07. The van der Waals surface area contributed by atoms with Crippen LogP contribution in [0.5, 0.6) is 0 Å². The average Bonchev–Trinajstić information content (AvgIpc) is 2.65. The minimum atomic E-state index is -0.236. The third-order valence-electron chi connectivity index (χ3n) is 3.99. The van der Waals surface area contributed by atoms with E-state index in [2.05, 4.69) is 20.5 Å². The predicted octanol–water partition coefficient (Wildman–Crippen LogP) is 2.73. The maximum atomic E-state index is 12.2. The fraction of sp³-hybridized carbons (Fsp3) is 0.333. The molecule has 2 heterocycles. The van der Waals surface area contributed by atoms with Crippen molar-refractivity contribution >= 4 is 29.0 Å². The van der Waals surface area contributed by atoms with Crippen molar-refractivity contribution in [1.29, 1.82) is 0 Å². The van der Waals surface area contributed by atoms with Gasteiger partial charge in [-0.3, -0.25) is 9.69 Å². The molecule has 0 bridgehead atoms. The molecule has 1 fully saturated rings. The number of ether oxygens (including phenoxy) is 1. The van der Waals surface area contributed by atoms with Gasteiger partial charge >= 0.3 is 0 Å². The number of nitrogens with one attached hydrogen (secondary N) is 2. The zero-order chi connectivity index (χ0) is 17.5. The Bertz CT molecular complexity index is 702. The summed E-state index contributed by atoms with van der Waals surface area (Å²) in [7, 11) is 0. The van der Waals surface area contributed by atoms with Crippen LogP contribution in [0.4, 0.5) is 11.5 Å². The highest BCUT2D eigenvalue weighted by Gasteiger charge is 2.10. The lowest BCUT2D eigenvalue weighted by molar-refractivity contribution is 0.0398. The second kappa shape index (κ2) is 8.80. The second-order valence-electron chi connectivity index (χ2n) is 5.75. The Morgan fingerprint density at radius 1 is 1.20 bits per heavy atom. The fourth-order valence-corrected chi connectivity index (χ4v) is 2.74. The van der Waals surface area contributed by atoms with Crippen LogP contribution in [0.1, 0.15) is 10.4 Å². The Labute approximate surface area is 152 Å². The minimum Gasteiger partial charge on any atom is -0.379 e. The molecule has 1 aliphatic rings. The van der Waals surface area contributed by atoms with Gasteiger partial charge in [-0.2, -0.15) is 0 Å². The normalized spacial score (nSPS) is 14.9. The lowest BCUT2D eigenvalue weighted by atomic mass is 10.2. The van der Waals surface area contributed by atoms with Crippen LogP contribution in [-0.2, 0) is 4.74 Å². The molecule has 0 radical (unpaired) electrons. The first-order chi connectivity index (χ1) is 12.2. The first kappa shape index (κ1) is 17.7. The van der Waals surface area contributed by atoms with E-state index in [1.165, 1.54) is 0 Å². The van der Waals surface area contributed by atoms with Gasteiger partial charge in [0.2, 0.25) is 0 Å². The number of pyridine rings is 1. The van der Waals surface area contributed by atoms with Crippen LogP contribution in [-0.4, -0.2) is 55.2 Å². The van der Waals surface area contributed by atoms with Crippen molar-refractivity contribution in [1.82, 2.24) is 9.88 Å². The van der Waals surface area contributed by atoms with E-state index in [0.717, 1.165) is 45.2 Å². The van der Waals surface area contributed by atoms with Crippen molar-refractivity contribution in [2.24, 2.45) is 0 Å². The molecule has 7 heteroatoms. The number of carbonyl (C=O) groups is 1. The van der Waals surface area contributed by atoms with Crippen LogP contribution in [0, 0.1) is 0 Å². The average molecular weight is 361 g/mol. The van der Waals surface area contributed by atoms with Crippen molar-refractivity contribution in [2.45, 2.75) is 0 Å². The van der Waals surface area contributed by atoms with Crippen molar-refractivity contribution in [3.05, 3.63) is 53.2 Å². The van der Waals surface area contributed by atoms with E-state index >= 15 is 0 Å². The summed E-state index contributed by atoms with van der Waals surface area (Å²) < 4.78 is 5.33. The number of morpholine rings is 1. The van der Waals surface area contributed by atoms with E-state index in [0.29, 0.717) is 16.3 Å². The zero-order valence-corrected chi connectivity index (χ0v) is 14.6. The molecule has 0 aliphatic carbocycles. The molecule has 1 saturated heterocycles. The lowest BCUT2D eigenvalue weighted by Gasteiger charge is -2.26. The largest absolute Gasteiger partial charge is 0.379 e. The molecule has 132 valence electrons. The van der Waals surface area contributed by atoms with E-state index in [4.69, 9.17) is 16.3 Å². The molecule has 0 saturated carbocycles. The van der Waals surface area contributed by atoms with Gasteiger partial charge in [-0.05, 0) is 24.3 Å². The minimum absolute atomic E-state index is 0.236. The maximum absolute atomic E-state index is 12.2. The van der Waals surface area contributed by atoms with Crippen LogP contribution in [0.15, 0.2) is 42.6 Å². The van der Waals surface area contributed by atoms with E-state index in [-0.39, 0.29) is 5.91 Å². The van der Waals surface area contributed by atoms with E-state index < -0.39 is 0 Å². The zero-order valence-electron chi connectivity index (χ0n) is 13.9. The molecule has 1 amide bonds. The van der Waals surface area contributed by atoms with Gasteiger partial charge < -0.3 is 15.4 Å². The summed E-state index contributed by atoms with van der Waals surface area (Å²) in [5, 5.41) is 6.56. The summed E-state index contributed by atoms with van der Waals surface area (Å²) in [4.78, 5) is 18.9. The third-order valence-corrected chi connectivity index (χ3v) is 4.32. The van der Waals surface area contributed by atoms with Crippen LogP contribution >= 0.6 is 11.6 Å². The highest BCUT2D eigenvalue weighted by atomic mass is 35.5. The number of hydrogen-bond acceptors (Lipinski definition) is 5. The maximum Gasteiger partial charge on any atom is 0.257 e. The molecule has 0 atom stereocenters. The highest BCUT2D eigenvalue weighted by Crippen LogP contribution is 2.21. The van der Waals surface area contributed by atoms with Crippen LogP contribution in [0.2, 0.25) is 5.02 Å². The van der Waals surface area contributed by atoms with E-state index in [1.54, 1.807) is 30.5 Å². The fourth-order valence-electron chi connectivity index (χ4n) is 2.56. The van der Waals surface area contributed by atoms with Crippen molar-refractivity contribution in [3.8, 4) is 0 Å². The van der Waals surface area contributed by atoms with Gasteiger partial charge in [-0.25, -0.2) is 4.98 Å². The Morgan fingerprint density at radius 2 is 2.00 bits per heavy atom. The standard InChI is InChI=1S/C18H21ClN4O2/c19-15-3-1-2-4-16(15)22-18(24)14-5-6-17(21-13-14)20-7-8-23-9-11-25-12-10-23/h1-6,13H,7-12H2,(H,20,21)(H,22,24). The first-order valence-corrected chi connectivity index (χ1v) is 8.66. The number of para-hydroxylation sites is 1. The molecule has 6 nitrogen and oxygen atoms in total. The Kier molecular flexibility index (Phi) is 6.22. The molecule has 1 aromatic carbocycles. The summed E-state index contributed by atoms with van der Waals surface area (Å²) in [6.07, 6.45) is 1.56. The monoisotopic (exact) mass is 360 g/mol. The van der Waals surface area contributed by atoms with Crippen LogP contribution in [0.3, 0.4) is 0 Å². The number of nitrogens with zero attached hydrogens (tertiary/aromatic N) is 2. The Hall–Kier alpha value is -2.15. The van der Waals surface area contributed by atoms with Crippen molar-refractivity contribution in [3.63, 3.8) is 0 Å². The Balaban J connectivity index is 1.49. The highest BCUT2D eigenvalue weighted by molar-refractivity contribution is 6.33. The molecular weight excluding hydrogens is 340 g/mol. The number of halogens is 1. The van der Waals surface area contributed by atoms with Gasteiger partial charge in [0.05, 0.1) is 29.5 Å². The Morgan fingerprint density at radius 3 is 2.72 bits per heavy atom. The number of carbonyl (C=O) groups excluding carboxylic acids is 1. The second-order valence-corrected chi connectivity index (χ2v) is 6.15. The van der Waals surface area contributed by atoms with Crippen molar-refractivity contribution < 1.29 is 9.53 Å². The summed E-state index contributed by atoms with van der Waals surface area (Å²) in [6.45, 7) is 5.28. The molecule has 2 N–H and O–H groups in total. The number of benzene rings is 1. The van der Waals surface area contributed by atoms with Gasteiger partial charge in [-0.1, -0.05) is 23.7 Å². The number of amides is 1. The van der Waals surface area contributed by atoms with Gasteiger partial charge in [0.1, 0.15) is 5.82 Å². The third kappa shape index (κ3) is 5.16. The number of anilines is 2. The lowest BCUT2D eigenvalue weighted by Crippen LogP contribution is -2.39. The van der Waals surface area contributed by atoms with Crippen LogP contribution < -0.4 is 10.6 Å². The number of hydrogen-bond donors (Lipinski definition) is 2. The molecule has 25 heavy (non-hydrogen) atoms. The van der Waals surface area contributed by atoms with Crippen LogP contribution in [0.25, 0.3) is 0 Å². The molecule has 1 aromatic heterocycles. The molecule has 2 aromatic rings.